The Bertz CT molecular complexity index is 375. The maximum atomic E-state index is 12.6. The Labute approximate surface area is 126 Å². The molecule has 0 aromatic carbocycles. The topological polar surface area (TPSA) is 84.7 Å². The summed E-state index contributed by atoms with van der Waals surface area (Å²) in [7, 11) is 0. The van der Waals surface area contributed by atoms with E-state index < -0.39 is 6.09 Å². The van der Waals surface area contributed by atoms with E-state index in [-0.39, 0.29) is 23.9 Å². The third kappa shape index (κ3) is 4.59. The molecule has 120 valence electrons. The van der Waals surface area contributed by atoms with E-state index in [1.54, 1.807) is 6.92 Å². The molecular formula is C15H27N3O3. The number of nitrogens with two attached hydrogens (primary N) is 1. The fourth-order valence-corrected chi connectivity index (χ4v) is 3.34. The molecule has 3 N–H and O–H groups in total. The van der Waals surface area contributed by atoms with E-state index >= 15 is 0 Å². The number of nitrogens with zero attached hydrogens (tertiary/aromatic N) is 1. The van der Waals surface area contributed by atoms with Crippen molar-refractivity contribution in [3.05, 3.63) is 0 Å². The molecule has 2 fully saturated rings. The van der Waals surface area contributed by atoms with Crippen LogP contribution < -0.4 is 11.1 Å². The molecule has 0 aromatic heterocycles. The van der Waals surface area contributed by atoms with Gasteiger partial charge in [-0.25, -0.2) is 4.79 Å². The quantitative estimate of drug-likeness (QED) is 0.821. The van der Waals surface area contributed by atoms with Gasteiger partial charge in [-0.15, -0.1) is 0 Å². The van der Waals surface area contributed by atoms with Crippen molar-refractivity contribution in [1.82, 2.24) is 10.2 Å². The Balaban J connectivity index is 1.85. The summed E-state index contributed by atoms with van der Waals surface area (Å²) in [6.07, 6.45) is 5.22. The van der Waals surface area contributed by atoms with Gasteiger partial charge >= 0.3 is 6.09 Å². The van der Waals surface area contributed by atoms with E-state index in [1.807, 2.05) is 4.90 Å². The van der Waals surface area contributed by atoms with Crippen LogP contribution in [0.5, 0.6) is 0 Å². The lowest BCUT2D eigenvalue weighted by Gasteiger charge is -2.36. The highest BCUT2D eigenvalue weighted by molar-refractivity contribution is 5.79. The van der Waals surface area contributed by atoms with E-state index in [0.29, 0.717) is 13.2 Å². The van der Waals surface area contributed by atoms with Crippen LogP contribution >= 0.6 is 0 Å². The molecule has 3 unspecified atom stereocenters. The maximum absolute atomic E-state index is 12.6. The molecule has 6 nitrogen and oxygen atoms in total. The lowest BCUT2D eigenvalue weighted by molar-refractivity contribution is -0.138. The van der Waals surface area contributed by atoms with Crippen molar-refractivity contribution in [1.29, 1.82) is 0 Å². The smallest absolute Gasteiger partial charge is 0.407 e. The summed E-state index contributed by atoms with van der Waals surface area (Å²) >= 11 is 0. The molecule has 1 aliphatic carbocycles. The predicted molar refractivity (Wildman–Crippen MR) is 79.7 cm³/mol. The molecule has 6 heteroatoms. The predicted octanol–water partition coefficient (Wildman–Crippen LogP) is 1.24. The molecule has 3 atom stereocenters. The van der Waals surface area contributed by atoms with Gasteiger partial charge in [-0.3, -0.25) is 4.79 Å². The zero-order valence-electron chi connectivity index (χ0n) is 12.8. The molecule has 2 amide bonds. The van der Waals surface area contributed by atoms with Crippen molar-refractivity contribution >= 4 is 12.0 Å². The molecule has 0 aromatic rings. The normalized spacial score (nSPS) is 29.8. The molecule has 2 aliphatic rings. The summed E-state index contributed by atoms with van der Waals surface area (Å²) in [5.74, 6) is 0.274. The largest absolute Gasteiger partial charge is 0.450 e. The van der Waals surface area contributed by atoms with Crippen LogP contribution in [0.3, 0.4) is 0 Å². The van der Waals surface area contributed by atoms with Crippen molar-refractivity contribution in [2.45, 2.75) is 57.5 Å². The van der Waals surface area contributed by atoms with Crippen molar-refractivity contribution < 1.29 is 14.3 Å². The average Bonchev–Trinajstić information content (AvgIpc) is 2.47. The third-order valence-electron chi connectivity index (χ3n) is 4.39. The van der Waals surface area contributed by atoms with Gasteiger partial charge < -0.3 is 20.7 Å². The van der Waals surface area contributed by atoms with E-state index in [2.05, 4.69) is 5.32 Å². The molecule has 0 spiro atoms. The first-order valence-electron chi connectivity index (χ1n) is 8.07. The summed E-state index contributed by atoms with van der Waals surface area (Å²) in [5.41, 5.74) is 5.97. The SMILES string of the molecule is CCOC(=O)NC1CCCN(C(=O)C2CCCC(N)C2)C1. The molecule has 1 saturated heterocycles. The van der Waals surface area contributed by atoms with E-state index in [9.17, 15) is 9.59 Å². The fraction of sp³-hybridized carbons (Fsp3) is 0.867. The second-order valence-electron chi connectivity index (χ2n) is 6.11. The van der Waals surface area contributed by atoms with Crippen molar-refractivity contribution in [3.63, 3.8) is 0 Å². The van der Waals surface area contributed by atoms with Crippen LogP contribution in [-0.2, 0) is 9.53 Å². The van der Waals surface area contributed by atoms with Gasteiger partial charge in [0.15, 0.2) is 0 Å². The number of piperidine rings is 1. The monoisotopic (exact) mass is 297 g/mol. The number of rotatable bonds is 3. The van der Waals surface area contributed by atoms with E-state index in [0.717, 1.165) is 45.1 Å². The van der Waals surface area contributed by atoms with Crippen molar-refractivity contribution in [3.8, 4) is 0 Å². The molecule has 0 radical (unpaired) electrons. The Hall–Kier alpha value is -1.30. The highest BCUT2D eigenvalue weighted by Crippen LogP contribution is 2.26. The van der Waals surface area contributed by atoms with Gasteiger partial charge in [0, 0.05) is 31.1 Å². The van der Waals surface area contributed by atoms with Crippen LogP contribution in [-0.4, -0.2) is 48.7 Å². The standard InChI is InChI=1S/C15H27N3O3/c1-2-21-15(20)17-13-7-4-8-18(10-13)14(19)11-5-3-6-12(16)9-11/h11-13H,2-10,16H2,1H3,(H,17,20). The van der Waals surface area contributed by atoms with Crippen molar-refractivity contribution in [2.75, 3.05) is 19.7 Å². The van der Waals surface area contributed by atoms with Crippen LogP contribution in [0.2, 0.25) is 0 Å². The number of carbonyl (C=O) groups is 2. The summed E-state index contributed by atoms with van der Waals surface area (Å²) in [6, 6.07) is 0.157. The Morgan fingerprint density at radius 1 is 1.29 bits per heavy atom. The molecule has 2 rings (SSSR count). The second kappa shape index (κ2) is 7.64. The van der Waals surface area contributed by atoms with Gasteiger partial charge in [0.25, 0.3) is 0 Å². The number of amides is 2. The van der Waals surface area contributed by atoms with Gasteiger partial charge in [0.05, 0.1) is 6.61 Å². The van der Waals surface area contributed by atoms with Gasteiger partial charge in [-0.1, -0.05) is 6.42 Å². The minimum Gasteiger partial charge on any atom is -0.450 e. The van der Waals surface area contributed by atoms with Gasteiger partial charge in [0.1, 0.15) is 0 Å². The summed E-state index contributed by atoms with van der Waals surface area (Å²) in [4.78, 5) is 26.0. The van der Waals surface area contributed by atoms with Crippen LogP contribution in [0.1, 0.15) is 45.4 Å². The maximum Gasteiger partial charge on any atom is 0.407 e. The van der Waals surface area contributed by atoms with Crippen LogP contribution in [0.15, 0.2) is 0 Å². The highest BCUT2D eigenvalue weighted by atomic mass is 16.5. The summed E-state index contributed by atoms with van der Waals surface area (Å²) < 4.78 is 4.90. The minimum absolute atomic E-state index is 0.000913. The zero-order chi connectivity index (χ0) is 15.2. The molecule has 21 heavy (non-hydrogen) atoms. The van der Waals surface area contributed by atoms with Gasteiger partial charge in [-0.05, 0) is 39.0 Å². The first kappa shape index (κ1) is 16.1. The fourth-order valence-electron chi connectivity index (χ4n) is 3.34. The Kier molecular flexibility index (Phi) is 5.85. The number of ether oxygens (including phenoxy) is 1. The molecule has 1 heterocycles. The van der Waals surface area contributed by atoms with Gasteiger partial charge in [0.2, 0.25) is 5.91 Å². The Morgan fingerprint density at radius 3 is 2.81 bits per heavy atom. The summed E-state index contributed by atoms with van der Waals surface area (Å²) in [5, 5.41) is 2.84. The molecular weight excluding hydrogens is 270 g/mol. The number of hydrogen-bond acceptors (Lipinski definition) is 4. The van der Waals surface area contributed by atoms with E-state index in [4.69, 9.17) is 10.5 Å². The van der Waals surface area contributed by atoms with Crippen molar-refractivity contribution in [2.24, 2.45) is 11.7 Å². The number of alkyl carbamates (subject to hydrolysis) is 1. The van der Waals surface area contributed by atoms with Gasteiger partial charge in [-0.2, -0.15) is 0 Å². The first-order chi connectivity index (χ1) is 10.1. The zero-order valence-corrected chi connectivity index (χ0v) is 12.8. The minimum atomic E-state index is -0.392. The Morgan fingerprint density at radius 2 is 2.10 bits per heavy atom. The van der Waals surface area contributed by atoms with Crippen LogP contribution in [0.25, 0.3) is 0 Å². The number of likely N-dealkylation sites (tertiary alicyclic amines) is 1. The van der Waals surface area contributed by atoms with Crippen LogP contribution in [0.4, 0.5) is 4.79 Å². The highest BCUT2D eigenvalue weighted by Gasteiger charge is 2.32. The number of nitrogens with one attached hydrogen (secondary N) is 1. The van der Waals surface area contributed by atoms with Crippen LogP contribution in [0, 0.1) is 5.92 Å². The summed E-state index contributed by atoms with van der Waals surface area (Å²) in [6.45, 7) is 3.51. The molecule has 0 bridgehead atoms. The second-order valence-corrected chi connectivity index (χ2v) is 6.11. The lowest BCUT2D eigenvalue weighted by Crippen LogP contribution is -2.51. The average molecular weight is 297 g/mol. The van der Waals surface area contributed by atoms with E-state index in [1.165, 1.54) is 0 Å². The lowest BCUT2D eigenvalue weighted by atomic mass is 9.85. The third-order valence-corrected chi connectivity index (χ3v) is 4.39. The number of hydrogen-bond donors (Lipinski definition) is 2. The molecule has 1 saturated carbocycles. The number of carbonyl (C=O) groups excluding carboxylic acids is 2. The first-order valence-corrected chi connectivity index (χ1v) is 8.07. The molecule has 1 aliphatic heterocycles.